The average Bonchev–Trinajstić information content (AvgIpc) is 3.07. The van der Waals surface area contributed by atoms with E-state index in [-0.39, 0.29) is 12.5 Å². The van der Waals surface area contributed by atoms with E-state index in [4.69, 9.17) is 19.5 Å². The summed E-state index contributed by atoms with van der Waals surface area (Å²) in [6.45, 7) is 1.02. The van der Waals surface area contributed by atoms with Crippen LogP contribution in [-0.4, -0.2) is 50.0 Å². The molecule has 2 aromatic carbocycles. The summed E-state index contributed by atoms with van der Waals surface area (Å²) >= 11 is 1.34. The Bertz CT molecular complexity index is 1020. The SMILES string of the molecule is COCCCN1C(=O)C(=Cc2ccc(OCC#N)c(OC)c2)SC1=Nc1ccccc1. The molecule has 0 N–H and O–H groups in total. The normalized spacial score (nSPS) is 16.0. The van der Waals surface area contributed by atoms with Gasteiger partial charge in [-0.05, 0) is 54.1 Å². The molecular weight excluding hydrogens is 414 g/mol. The first-order valence-electron chi connectivity index (χ1n) is 9.68. The third-order valence-corrected chi connectivity index (χ3v) is 5.38. The standard InChI is InChI=1S/C23H23N3O4S/c1-28-13-6-12-26-22(27)21(31-23(26)25-18-7-4-3-5-8-18)16-17-9-10-19(30-14-11-24)20(15-17)29-2/h3-5,7-10,15-16H,6,12-14H2,1-2H3. The number of carbonyl (C=O) groups is 1. The Morgan fingerprint density at radius 3 is 2.68 bits per heavy atom. The second-order valence-electron chi connectivity index (χ2n) is 6.50. The fourth-order valence-corrected chi connectivity index (χ4v) is 3.95. The number of para-hydroxylation sites is 1. The zero-order valence-corrected chi connectivity index (χ0v) is 18.2. The topological polar surface area (TPSA) is 84.1 Å². The molecule has 31 heavy (non-hydrogen) atoms. The fourth-order valence-electron chi connectivity index (χ4n) is 2.92. The Hall–Kier alpha value is -3.28. The number of methoxy groups -OCH3 is 2. The van der Waals surface area contributed by atoms with Gasteiger partial charge in [0.1, 0.15) is 6.07 Å². The van der Waals surface area contributed by atoms with Crippen LogP contribution in [-0.2, 0) is 9.53 Å². The molecule has 3 rings (SSSR count). The predicted octanol–water partition coefficient (Wildman–Crippen LogP) is 4.24. The molecule has 0 saturated carbocycles. The molecule has 0 atom stereocenters. The number of amides is 1. The first-order valence-corrected chi connectivity index (χ1v) is 10.5. The molecule has 160 valence electrons. The Morgan fingerprint density at radius 1 is 1.16 bits per heavy atom. The molecule has 0 spiro atoms. The van der Waals surface area contributed by atoms with Gasteiger partial charge in [0.05, 0.1) is 17.7 Å². The van der Waals surface area contributed by atoms with Crippen molar-refractivity contribution in [1.82, 2.24) is 4.90 Å². The van der Waals surface area contributed by atoms with Crippen molar-refractivity contribution in [3.63, 3.8) is 0 Å². The van der Waals surface area contributed by atoms with E-state index in [1.165, 1.54) is 18.9 Å². The molecule has 7 nitrogen and oxygen atoms in total. The quantitative estimate of drug-likeness (QED) is 0.431. The predicted molar refractivity (Wildman–Crippen MR) is 121 cm³/mol. The smallest absolute Gasteiger partial charge is 0.266 e. The highest BCUT2D eigenvalue weighted by molar-refractivity contribution is 8.18. The molecule has 0 aliphatic carbocycles. The Morgan fingerprint density at radius 2 is 1.97 bits per heavy atom. The number of amidine groups is 1. The van der Waals surface area contributed by atoms with Gasteiger partial charge in [-0.1, -0.05) is 24.3 Å². The Balaban J connectivity index is 1.88. The third kappa shape index (κ3) is 5.87. The molecule has 2 aromatic rings. The van der Waals surface area contributed by atoms with E-state index in [1.807, 2.05) is 42.5 Å². The molecule has 0 unspecified atom stereocenters. The van der Waals surface area contributed by atoms with Crippen LogP contribution in [0, 0.1) is 11.3 Å². The maximum atomic E-state index is 13.1. The summed E-state index contributed by atoms with van der Waals surface area (Å²) in [6, 6.07) is 16.8. The van der Waals surface area contributed by atoms with Crippen LogP contribution in [0.3, 0.4) is 0 Å². The second kappa shape index (κ2) is 11.2. The number of rotatable bonds is 9. The lowest BCUT2D eigenvalue weighted by molar-refractivity contribution is -0.122. The summed E-state index contributed by atoms with van der Waals surface area (Å²) in [5.41, 5.74) is 1.58. The zero-order chi connectivity index (χ0) is 22.1. The highest BCUT2D eigenvalue weighted by atomic mass is 32.2. The van der Waals surface area contributed by atoms with Crippen LogP contribution in [0.2, 0.25) is 0 Å². The number of benzene rings is 2. The van der Waals surface area contributed by atoms with Gasteiger partial charge in [-0.2, -0.15) is 5.26 Å². The summed E-state index contributed by atoms with van der Waals surface area (Å²) < 4.78 is 15.9. The maximum Gasteiger partial charge on any atom is 0.266 e. The highest BCUT2D eigenvalue weighted by Crippen LogP contribution is 2.36. The number of hydrogen-bond donors (Lipinski definition) is 0. The van der Waals surface area contributed by atoms with Crippen molar-refractivity contribution in [3.05, 3.63) is 59.0 Å². The number of hydrogen-bond acceptors (Lipinski definition) is 7. The van der Waals surface area contributed by atoms with Crippen LogP contribution in [0.15, 0.2) is 58.4 Å². The van der Waals surface area contributed by atoms with E-state index < -0.39 is 0 Å². The molecule has 1 heterocycles. The van der Waals surface area contributed by atoms with Crippen LogP contribution in [0.4, 0.5) is 5.69 Å². The van der Waals surface area contributed by atoms with Gasteiger partial charge in [0.15, 0.2) is 23.3 Å². The van der Waals surface area contributed by atoms with Crippen molar-refractivity contribution >= 4 is 34.6 Å². The van der Waals surface area contributed by atoms with Crippen LogP contribution in [0.25, 0.3) is 6.08 Å². The Kier molecular flexibility index (Phi) is 8.10. The van der Waals surface area contributed by atoms with Crippen LogP contribution in [0.1, 0.15) is 12.0 Å². The minimum atomic E-state index is -0.0976. The number of ether oxygens (including phenoxy) is 3. The largest absolute Gasteiger partial charge is 0.493 e. The molecular formula is C23H23N3O4S. The lowest BCUT2D eigenvalue weighted by atomic mass is 10.2. The summed E-state index contributed by atoms with van der Waals surface area (Å²) in [6.07, 6.45) is 2.52. The number of nitriles is 1. The molecule has 1 saturated heterocycles. The van der Waals surface area contributed by atoms with Gasteiger partial charge in [0, 0.05) is 20.3 Å². The van der Waals surface area contributed by atoms with E-state index in [0.717, 1.165) is 11.3 Å². The van der Waals surface area contributed by atoms with Crippen molar-refractivity contribution in [1.29, 1.82) is 5.26 Å². The second-order valence-corrected chi connectivity index (χ2v) is 7.51. The van der Waals surface area contributed by atoms with E-state index in [2.05, 4.69) is 4.99 Å². The number of thioether (sulfide) groups is 1. The lowest BCUT2D eigenvalue weighted by Crippen LogP contribution is -2.30. The van der Waals surface area contributed by atoms with Crippen LogP contribution < -0.4 is 9.47 Å². The van der Waals surface area contributed by atoms with Gasteiger partial charge in [-0.15, -0.1) is 0 Å². The van der Waals surface area contributed by atoms with Gasteiger partial charge in [0.25, 0.3) is 5.91 Å². The van der Waals surface area contributed by atoms with Gasteiger partial charge in [-0.3, -0.25) is 9.69 Å². The number of aliphatic imine (C=N–C) groups is 1. The number of nitrogens with zero attached hydrogens (tertiary/aromatic N) is 3. The van der Waals surface area contributed by atoms with E-state index in [0.29, 0.717) is 41.1 Å². The zero-order valence-electron chi connectivity index (χ0n) is 17.4. The first kappa shape index (κ1) is 22.4. The van der Waals surface area contributed by atoms with Gasteiger partial charge < -0.3 is 14.2 Å². The molecule has 0 aromatic heterocycles. The van der Waals surface area contributed by atoms with Crippen LogP contribution in [0.5, 0.6) is 11.5 Å². The van der Waals surface area contributed by atoms with E-state index >= 15 is 0 Å². The third-order valence-electron chi connectivity index (χ3n) is 4.38. The van der Waals surface area contributed by atoms with Gasteiger partial charge in [0.2, 0.25) is 0 Å². The molecule has 1 amide bonds. The van der Waals surface area contributed by atoms with E-state index in [9.17, 15) is 4.79 Å². The average molecular weight is 438 g/mol. The van der Waals surface area contributed by atoms with E-state index in [1.54, 1.807) is 30.2 Å². The number of carbonyl (C=O) groups excluding carboxylic acids is 1. The van der Waals surface area contributed by atoms with Gasteiger partial charge >= 0.3 is 0 Å². The maximum absolute atomic E-state index is 13.1. The molecule has 1 aliphatic heterocycles. The molecule has 0 radical (unpaired) electrons. The fraction of sp³-hybridized carbons (Fsp3) is 0.261. The van der Waals surface area contributed by atoms with Crippen LogP contribution >= 0.6 is 11.8 Å². The molecule has 0 bridgehead atoms. The van der Waals surface area contributed by atoms with Crippen molar-refractivity contribution in [3.8, 4) is 17.6 Å². The minimum Gasteiger partial charge on any atom is -0.493 e. The Labute approximate surface area is 185 Å². The molecule has 8 heteroatoms. The van der Waals surface area contributed by atoms with Gasteiger partial charge in [-0.25, -0.2) is 4.99 Å². The summed E-state index contributed by atoms with van der Waals surface area (Å²) in [5, 5.41) is 9.35. The van der Waals surface area contributed by atoms with Crippen molar-refractivity contribution in [2.45, 2.75) is 6.42 Å². The molecule has 1 aliphatic rings. The van der Waals surface area contributed by atoms with Crippen molar-refractivity contribution in [2.24, 2.45) is 4.99 Å². The minimum absolute atomic E-state index is 0.0686. The lowest BCUT2D eigenvalue weighted by Gasteiger charge is -2.15. The highest BCUT2D eigenvalue weighted by Gasteiger charge is 2.33. The summed E-state index contributed by atoms with van der Waals surface area (Å²) in [7, 11) is 3.17. The summed E-state index contributed by atoms with van der Waals surface area (Å²) in [4.78, 5) is 20.0. The monoisotopic (exact) mass is 437 g/mol. The summed E-state index contributed by atoms with van der Waals surface area (Å²) in [5.74, 6) is 0.874. The first-order chi connectivity index (χ1) is 15.2. The molecule has 1 fully saturated rings. The van der Waals surface area contributed by atoms with Crippen molar-refractivity contribution in [2.75, 3.05) is 34.0 Å². The van der Waals surface area contributed by atoms with Crippen molar-refractivity contribution < 1.29 is 19.0 Å².